The molecule has 1 aliphatic carbocycles. The van der Waals surface area contributed by atoms with Crippen LogP contribution in [0, 0.1) is 0 Å². The fraction of sp³-hybridized carbons (Fsp3) is 0.917. The highest BCUT2D eigenvalue weighted by atomic mass is 16.5. The second-order valence-electron chi connectivity index (χ2n) is 5.14. The second-order valence-corrected chi connectivity index (χ2v) is 5.14. The lowest BCUT2D eigenvalue weighted by Crippen LogP contribution is -2.56. The monoisotopic (exact) mass is 241 g/mol. The summed E-state index contributed by atoms with van der Waals surface area (Å²) >= 11 is 0. The minimum absolute atomic E-state index is 0.316. The number of nitrogens with zero attached hydrogens (tertiary/aromatic N) is 2. The molecule has 1 saturated carbocycles. The topological polar surface area (TPSA) is 71.1 Å². The third kappa shape index (κ3) is 2.90. The Kier molecular flexibility index (Phi) is 4.23. The number of nitrogens with two attached hydrogens (primary N) is 1. The van der Waals surface area contributed by atoms with Gasteiger partial charge in [-0.2, -0.15) is 0 Å². The van der Waals surface area contributed by atoms with Crippen molar-refractivity contribution in [2.45, 2.75) is 57.2 Å². The summed E-state index contributed by atoms with van der Waals surface area (Å²) in [5, 5.41) is 11.7. The number of morpholine rings is 1. The molecule has 1 heterocycles. The molecular formula is C12H23N3O2. The van der Waals surface area contributed by atoms with Gasteiger partial charge < -0.3 is 15.7 Å². The summed E-state index contributed by atoms with van der Waals surface area (Å²) in [4.78, 5) is 2.48. The standard InChI is InChI=1S/C12H23N3O2/c1-9(8-12(13)14-16)15-6-7-17-11-5-3-2-4-10(11)15/h9-11,16H,2-8H2,1H3,(H2,13,14). The zero-order chi connectivity index (χ0) is 12.3. The van der Waals surface area contributed by atoms with E-state index in [1.165, 1.54) is 25.7 Å². The summed E-state index contributed by atoms with van der Waals surface area (Å²) in [5.41, 5.74) is 5.59. The molecule has 0 aromatic rings. The molecule has 3 N–H and O–H groups in total. The van der Waals surface area contributed by atoms with E-state index in [0.29, 0.717) is 30.4 Å². The molecule has 5 nitrogen and oxygen atoms in total. The van der Waals surface area contributed by atoms with Crippen LogP contribution >= 0.6 is 0 Å². The fourth-order valence-corrected chi connectivity index (χ4v) is 3.13. The number of rotatable bonds is 3. The summed E-state index contributed by atoms with van der Waals surface area (Å²) in [6.07, 6.45) is 5.98. The zero-order valence-corrected chi connectivity index (χ0v) is 10.5. The van der Waals surface area contributed by atoms with Crippen LogP contribution in [0.15, 0.2) is 5.16 Å². The molecule has 0 aromatic heterocycles. The molecule has 2 fully saturated rings. The van der Waals surface area contributed by atoms with E-state index < -0.39 is 0 Å². The summed E-state index contributed by atoms with van der Waals surface area (Å²) in [5.74, 6) is 0.316. The van der Waals surface area contributed by atoms with Crippen molar-refractivity contribution >= 4 is 5.84 Å². The van der Waals surface area contributed by atoms with Crippen molar-refractivity contribution < 1.29 is 9.94 Å². The first kappa shape index (κ1) is 12.6. The summed E-state index contributed by atoms with van der Waals surface area (Å²) in [6.45, 7) is 3.91. The van der Waals surface area contributed by atoms with E-state index in [-0.39, 0.29) is 0 Å². The minimum Gasteiger partial charge on any atom is -0.409 e. The van der Waals surface area contributed by atoms with Crippen LogP contribution in [0.25, 0.3) is 0 Å². The minimum atomic E-state index is 0.316. The highest BCUT2D eigenvalue weighted by molar-refractivity contribution is 5.80. The van der Waals surface area contributed by atoms with Crippen LogP contribution in [-0.4, -0.2) is 47.3 Å². The molecule has 2 rings (SSSR count). The van der Waals surface area contributed by atoms with E-state index in [1.54, 1.807) is 0 Å². The lowest BCUT2D eigenvalue weighted by Gasteiger charge is -2.46. The lowest BCUT2D eigenvalue weighted by molar-refractivity contribution is -0.0993. The predicted molar refractivity (Wildman–Crippen MR) is 66.2 cm³/mol. The molecule has 1 aliphatic heterocycles. The van der Waals surface area contributed by atoms with E-state index in [2.05, 4.69) is 17.0 Å². The molecule has 17 heavy (non-hydrogen) atoms. The van der Waals surface area contributed by atoms with E-state index in [1.807, 2.05) is 0 Å². The molecule has 2 aliphatic rings. The van der Waals surface area contributed by atoms with E-state index in [9.17, 15) is 0 Å². The Balaban J connectivity index is 1.98. The highest BCUT2D eigenvalue weighted by Crippen LogP contribution is 2.30. The number of hydrogen-bond donors (Lipinski definition) is 2. The van der Waals surface area contributed by atoms with Crippen molar-refractivity contribution in [2.24, 2.45) is 10.9 Å². The largest absolute Gasteiger partial charge is 0.409 e. The van der Waals surface area contributed by atoms with Gasteiger partial charge in [0.25, 0.3) is 0 Å². The van der Waals surface area contributed by atoms with Gasteiger partial charge >= 0.3 is 0 Å². The number of oxime groups is 1. The summed E-state index contributed by atoms with van der Waals surface area (Å²) < 4.78 is 5.84. The van der Waals surface area contributed by atoms with Gasteiger partial charge in [-0.25, -0.2) is 0 Å². The Morgan fingerprint density at radius 1 is 1.53 bits per heavy atom. The van der Waals surface area contributed by atoms with Crippen molar-refractivity contribution in [3.63, 3.8) is 0 Å². The lowest BCUT2D eigenvalue weighted by atomic mass is 9.89. The van der Waals surface area contributed by atoms with Gasteiger partial charge in [-0.05, 0) is 19.8 Å². The third-order valence-electron chi connectivity index (χ3n) is 3.97. The van der Waals surface area contributed by atoms with Crippen LogP contribution in [0.4, 0.5) is 0 Å². The van der Waals surface area contributed by atoms with Crippen molar-refractivity contribution in [1.29, 1.82) is 0 Å². The van der Waals surface area contributed by atoms with Gasteiger partial charge in [-0.1, -0.05) is 18.0 Å². The Bertz CT molecular complexity index is 281. The molecule has 98 valence electrons. The molecular weight excluding hydrogens is 218 g/mol. The maximum Gasteiger partial charge on any atom is 0.140 e. The average Bonchev–Trinajstić information content (AvgIpc) is 2.37. The second kappa shape index (κ2) is 5.69. The predicted octanol–water partition coefficient (Wildman–Crippen LogP) is 1.15. The Morgan fingerprint density at radius 2 is 2.29 bits per heavy atom. The van der Waals surface area contributed by atoms with Crippen molar-refractivity contribution in [3.05, 3.63) is 0 Å². The molecule has 3 unspecified atom stereocenters. The third-order valence-corrected chi connectivity index (χ3v) is 3.97. The highest BCUT2D eigenvalue weighted by Gasteiger charge is 2.36. The maximum atomic E-state index is 8.63. The molecule has 0 aromatic carbocycles. The zero-order valence-electron chi connectivity index (χ0n) is 10.5. The number of amidine groups is 1. The Labute approximate surface area is 103 Å². The molecule has 0 amide bonds. The first-order valence-corrected chi connectivity index (χ1v) is 6.56. The van der Waals surface area contributed by atoms with Gasteiger partial charge in [0.15, 0.2) is 0 Å². The summed E-state index contributed by atoms with van der Waals surface area (Å²) in [7, 11) is 0. The number of fused-ring (bicyclic) bond motifs is 1. The first-order valence-electron chi connectivity index (χ1n) is 6.56. The van der Waals surface area contributed by atoms with Gasteiger partial charge in [0, 0.05) is 25.0 Å². The molecule has 1 saturated heterocycles. The van der Waals surface area contributed by atoms with E-state index in [4.69, 9.17) is 15.7 Å². The number of ether oxygens (including phenoxy) is 1. The first-order chi connectivity index (χ1) is 8.22. The van der Waals surface area contributed by atoms with Crippen molar-refractivity contribution in [3.8, 4) is 0 Å². The maximum absolute atomic E-state index is 8.63. The van der Waals surface area contributed by atoms with E-state index in [0.717, 1.165) is 13.2 Å². The van der Waals surface area contributed by atoms with Crippen LogP contribution in [0.2, 0.25) is 0 Å². The quantitative estimate of drug-likeness (QED) is 0.336. The molecule has 0 radical (unpaired) electrons. The SMILES string of the molecule is CC(CC(N)=NO)N1CCOC2CCCCC21. The Morgan fingerprint density at radius 3 is 3.06 bits per heavy atom. The molecule has 5 heteroatoms. The van der Waals surface area contributed by atoms with E-state index >= 15 is 0 Å². The van der Waals surface area contributed by atoms with Crippen LogP contribution in [0.5, 0.6) is 0 Å². The summed E-state index contributed by atoms with van der Waals surface area (Å²) in [6, 6.07) is 0.847. The van der Waals surface area contributed by atoms with Crippen molar-refractivity contribution in [1.82, 2.24) is 4.90 Å². The number of hydrogen-bond acceptors (Lipinski definition) is 4. The Hall–Kier alpha value is -0.810. The van der Waals surface area contributed by atoms with Gasteiger partial charge in [0.2, 0.25) is 0 Å². The van der Waals surface area contributed by atoms with Crippen LogP contribution in [-0.2, 0) is 4.74 Å². The van der Waals surface area contributed by atoms with Crippen molar-refractivity contribution in [2.75, 3.05) is 13.2 Å². The fourth-order valence-electron chi connectivity index (χ4n) is 3.13. The van der Waals surface area contributed by atoms with Crippen LogP contribution in [0.3, 0.4) is 0 Å². The smallest absolute Gasteiger partial charge is 0.140 e. The molecule has 0 bridgehead atoms. The average molecular weight is 241 g/mol. The molecule has 3 atom stereocenters. The van der Waals surface area contributed by atoms with Gasteiger partial charge in [-0.15, -0.1) is 0 Å². The van der Waals surface area contributed by atoms with Gasteiger partial charge in [-0.3, -0.25) is 4.90 Å². The molecule has 0 spiro atoms. The van der Waals surface area contributed by atoms with Crippen LogP contribution < -0.4 is 5.73 Å². The van der Waals surface area contributed by atoms with Crippen LogP contribution in [0.1, 0.15) is 39.0 Å². The normalized spacial score (nSPS) is 33.1. The van der Waals surface area contributed by atoms with Gasteiger partial charge in [0.1, 0.15) is 5.84 Å². The van der Waals surface area contributed by atoms with Gasteiger partial charge in [0.05, 0.1) is 12.7 Å².